The van der Waals surface area contributed by atoms with Gasteiger partial charge >= 0.3 is 0 Å². The lowest BCUT2D eigenvalue weighted by Crippen LogP contribution is -2.36. The first-order chi connectivity index (χ1) is 30.2. The Morgan fingerprint density at radius 1 is 0.443 bits per heavy atom. The summed E-state index contributed by atoms with van der Waals surface area (Å²) in [5.74, 6) is 0. The minimum atomic E-state index is 0.863. The molecule has 6 aromatic carbocycles. The number of hydrogen-bond donors (Lipinski definition) is 0. The molecule has 0 radical (unpaired) electrons. The summed E-state index contributed by atoms with van der Waals surface area (Å²) in [5, 5.41) is 5.46. The van der Waals surface area contributed by atoms with E-state index in [9.17, 15) is 0 Å². The molecule has 4 heteroatoms. The van der Waals surface area contributed by atoms with Crippen LogP contribution in [0.3, 0.4) is 0 Å². The van der Waals surface area contributed by atoms with E-state index >= 15 is 0 Å². The third-order valence-corrected chi connectivity index (χ3v) is 13.0. The van der Waals surface area contributed by atoms with Crippen LogP contribution in [-0.2, 0) is 22.3 Å². The molecule has 2 aliphatic carbocycles. The summed E-state index contributed by atoms with van der Waals surface area (Å²) in [4.78, 5) is 5.04. The van der Waals surface area contributed by atoms with Gasteiger partial charge in [0.15, 0.2) is 0 Å². The van der Waals surface area contributed by atoms with Crippen LogP contribution < -0.4 is 0 Å². The molecule has 0 aromatic heterocycles. The number of nitrogens with zero attached hydrogens (tertiary/aromatic N) is 2. The van der Waals surface area contributed by atoms with E-state index in [1.807, 2.05) is 0 Å². The second-order valence-corrected chi connectivity index (χ2v) is 16.9. The molecule has 2 heterocycles. The summed E-state index contributed by atoms with van der Waals surface area (Å²) < 4.78 is 11.0. The smallest absolute Gasteiger partial charge is 0.0594 e. The maximum Gasteiger partial charge on any atom is 0.0594 e. The number of hydrogen-bond acceptors (Lipinski definition) is 4. The minimum Gasteiger partial charge on any atom is -0.379 e. The first-order valence-corrected chi connectivity index (χ1v) is 22.8. The van der Waals surface area contributed by atoms with Gasteiger partial charge < -0.3 is 9.47 Å². The lowest BCUT2D eigenvalue weighted by Gasteiger charge is -2.26. The Balaban J connectivity index is 0.000000156. The van der Waals surface area contributed by atoms with E-state index in [1.165, 1.54) is 94.8 Å². The molecule has 2 aliphatic heterocycles. The van der Waals surface area contributed by atoms with Crippen molar-refractivity contribution >= 4 is 56.0 Å². The Bertz CT molecular complexity index is 2620. The molecule has 4 nitrogen and oxygen atoms in total. The molecule has 10 rings (SSSR count). The quantitative estimate of drug-likeness (QED) is 0.130. The van der Waals surface area contributed by atoms with Crippen molar-refractivity contribution in [3.8, 4) is 0 Å². The zero-order valence-electron chi connectivity index (χ0n) is 36.2. The SMILES string of the molecule is CCCc1ccc(/C=C2\C=C(CCN3CCOCC3)c3ccccc32)c2ccccc12.CCc1ccc(/C=C2\C=C(CCN3CCOCC3)c3ccccc32)c2ccccc12. The van der Waals surface area contributed by atoms with Crippen molar-refractivity contribution in [2.24, 2.45) is 0 Å². The van der Waals surface area contributed by atoms with E-state index in [-0.39, 0.29) is 0 Å². The minimum absolute atomic E-state index is 0.863. The van der Waals surface area contributed by atoms with Crippen LogP contribution >= 0.6 is 0 Å². The Hall–Kier alpha value is -5.36. The Morgan fingerprint density at radius 2 is 0.852 bits per heavy atom. The molecule has 0 amide bonds. The number of aryl methyl sites for hydroxylation is 2. The fourth-order valence-corrected chi connectivity index (χ4v) is 9.73. The van der Waals surface area contributed by atoms with E-state index in [1.54, 1.807) is 0 Å². The Labute approximate surface area is 363 Å². The fourth-order valence-electron chi connectivity index (χ4n) is 9.73. The molecule has 0 spiro atoms. The van der Waals surface area contributed by atoms with Crippen molar-refractivity contribution < 1.29 is 9.47 Å². The van der Waals surface area contributed by atoms with Crippen molar-refractivity contribution in [3.05, 3.63) is 178 Å². The summed E-state index contributed by atoms with van der Waals surface area (Å²) in [7, 11) is 0. The monoisotopic (exact) mass is 804 g/mol. The van der Waals surface area contributed by atoms with E-state index in [0.29, 0.717) is 0 Å². The molecule has 0 saturated carbocycles. The molecular formula is C57H60N2O2. The van der Waals surface area contributed by atoms with Gasteiger partial charge in [0.1, 0.15) is 0 Å². The van der Waals surface area contributed by atoms with Gasteiger partial charge in [-0.2, -0.15) is 0 Å². The van der Waals surface area contributed by atoms with Gasteiger partial charge in [0.25, 0.3) is 0 Å². The standard InChI is InChI=1S/C29H31NO.C28H29NO/c1-2-7-22-12-13-23(27-9-4-3-8-26(22)27)20-25-21-24(28-10-5-6-11-29(25)28)14-15-30-16-18-31-19-17-30;1-2-21-11-12-22(26-8-4-3-7-25(21)26)19-24-20-23(27-9-5-6-10-28(24)27)13-14-29-15-17-30-18-16-29/h3-6,8-13,20-21H,2,7,14-19H2,1H3;3-12,19-20H,2,13-18H2,1H3/b25-20+;24-19+. The van der Waals surface area contributed by atoms with Crippen molar-refractivity contribution in [1.29, 1.82) is 0 Å². The van der Waals surface area contributed by atoms with Crippen LogP contribution in [0.5, 0.6) is 0 Å². The molecule has 310 valence electrons. The number of ether oxygens (including phenoxy) is 2. The average molecular weight is 805 g/mol. The predicted molar refractivity (Wildman–Crippen MR) is 260 cm³/mol. The molecule has 2 saturated heterocycles. The molecule has 2 fully saturated rings. The summed E-state index contributed by atoms with van der Waals surface area (Å²) in [6, 6.07) is 44.6. The highest BCUT2D eigenvalue weighted by atomic mass is 16.5. The number of allylic oxidation sites excluding steroid dienone is 4. The second-order valence-electron chi connectivity index (χ2n) is 16.9. The maximum atomic E-state index is 5.50. The summed E-state index contributed by atoms with van der Waals surface area (Å²) in [5.41, 5.74) is 16.6. The largest absolute Gasteiger partial charge is 0.379 e. The second kappa shape index (κ2) is 19.6. The highest BCUT2D eigenvalue weighted by Gasteiger charge is 2.21. The van der Waals surface area contributed by atoms with E-state index in [4.69, 9.17) is 9.47 Å². The van der Waals surface area contributed by atoms with Crippen LogP contribution in [0.4, 0.5) is 0 Å². The van der Waals surface area contributed by atoms with Crippen molar-refractivity contribution in [2.45, 2.75) is 46.0 Å². The zero-order valence-corrected chi connectivity index (χ0v) is 36.2. The summed E-state index contributed by atoms with van der Waals surface area (Å²) in [6.45, 7) is 14.3. The normalized spacial score (nSPS) is 17.9. The fraction of sp³-hybridized carbons (Fsp3) is 0.298. The first kappa shape index (κ1) is 41.0. The van der Waals surface area contributed by atoms with Crippen LogP contribution in [0, 0.1) is 0 Å². The summed E-state index contributed by atoms with van der Waals surface area (Å²) >= 11 is 0. The molecule has 61 heavy (non-hydrogen) atoms. The van der Waals surface area contributed by atoms with E-state index in [0.717, 1.165) is 91.4 Å². The van der Waals surface area contributed by atoms with Gasteiger partial charge in [0.05, 0.1) is 26.4 Å². The van der Waals surface area contributed by atoms with Crippen molar-refractivity contribution in [3.63, 3.8) is 0 Å². The van der Waals surface area contributed by atoms with Crippen LogP contribution in [0.1, 0.15) is 77.6 Å². The molecule has 6 aromatic rings. The van der Waals surface area contributed by atoms with Gasteiger partial charge in [0.2, 0.25) is 0 Å². The third kappa shape index (κ3) is 9.29. The van der Waals surface area contributed by atoms with Crippen LogP contribution in [-0.4, -0.2) is 75.5 Å². The number of benzene rings is 6. The van der Waals surface area contributed by atoms with Gasteiger partial charge in [-0.3, -0.25) is 9.80 Å². The van der Waals surface area contributed by atoms with Gasteiger partial charge in [-0.05, 0) is 126 Å². The van der Waals surface area contributed by atoms with Crippen LogP contribution in [0.25, 0.3) is 56.0 Å². The van der Waals surface area contributed by atoms with Crippen LogP contribution in [0.2, 0.25) is 0 Å². The van der Waals surface area contributed by atoms with Crippen molar-refractivity contribution in [1.82, 2.24) is 9.80 Å². The Kier molecular flexibility index (Phi) is 13.2. The summed E-state index contributed by atoms with van der Waals surface area (Å²) in [6.07, 6.45) is 15.1. The first-order valence-electron chi connectivity index (χ1n) is 22.8. The molecular weight excluding hydrogens is 745 g/mol. The number of morpholine rings is 2. The molecule has 0 N–H and O–H groups in total. The zero-order chi connectivity index (χ0) is 41.4. The number of fused-ring (bicyclic) bond motifs is 4. The van der Waals surface area contributed by atoms with Crippen molar-refractivity contribution in [2.75, 3.05) is 65.7 Å². The van der Waals surface area contributed by atoms with E-state index in [2.05, 4.69) is 169 Å². The Morgan fingerprint density at radius 3 is 1.31 bits per heavy atom. The van der Waals surface area contributed by atoms with E-state index < -0.39 is 0 Å². The molecule has 4 aliphatic rings. The van der Waals surface area contributed by atoms with Gasteiger partial charge in [0, 0.05) is 39.3 Å². The predicted octanol–water partition coefficient (Wildman–Crippen LogP) is 12.5. The van der Waals surface area contributed by atoms with Gasteiger partial charge in [-0.15, -0.1) is 0 Å². The van der Waals surface area contributed by atoms with Crippen LogP contribution in [0.15, 0.2) is 133 Å². The maximum absolute atomic E-state index is 5.50. The van der Waals surface area contributed by atoms with Gasteiger partial charge in [-0.1, -0.05) is 154 Å². The third-order valence-electron chi connectivity index (χ3n) is 13.0. The highest BCUT2D eigenvalue weighted by Crippen LogP contribution is 2.40. The highest BCUT2D eigenvalue weighted by molar-refractivity contribution is 6.06. The average Bonchev–Trinajstić information content (AvgIpc) is 3.86. The molecule has 0 bridgehead atoms. The topological polar surface area (TPSA) is 24.9 Å². The molecule has 0 atom stereocenters. The molecule has 0 unspecified atom stereocenters. The lowest BCUT2D eigenvalue weighted by atomic mass is 9.95. The number of rotatable bonds is 11. The lowest BCUT2D eigenvalue weighted by molar-refractivity contribution is 0.0389. The van der Waals surface area contributed by atoms with Gasteiger partial charge in [-0.25, -0.2) is 0 Å².